The molecule has 1 aromatic rings. The van der Waals surface area contributed by atoms with Gasteiger partial charge in [0.1, 0.15) is 17.2 Å². The molecule has 0 spiro atoms. The fourth-order valence-corrected chi connectivity index (χ4v) is 1.54. The molecule has 1 nitrogen and oxygen atoms in total. The normalized spacial score (nSPS) is 13.6. The van der Waals surface area contributed by atoms with Gasteiger partial charge in [-0.2, -0.15) is 13.2 Å². The molecule has 1 atom stereocenters. The van der Waals surface area contributed by atoms with E-state index in [4.69, 9.17) is 4.74 Å². The van der Waals surface area contributed by atoms with Gasteiger partial charge in [-0.15, -0.1) is 0 Å². The molecule has 0 aliphatic rings. The van der Waals surface area contributed by atoms with Crippen molar-refractivity contribution in [3.63, 3.8) is 0 Å². The van der Waals surface area contributed by atoms with E-state index in [2.05, 4.69) is 15.9 Å². The molecule has 0 heterocycles. The number of alkyl halides is 4. The summed E-state index contributed by atoms with van der Waals surface area (Å²) in [5, 5.41) is 0. The molecule has 1 unspecified atom stereocenters. The summed E-state index contributed by atoms with van der Waals surface area (Å²) in [5.74, 6) is 0.510. The summed E-state index contributed by atoms with van der Waals surface area (Å²) in [4.78, 5) is -1.64. The Morgan fingerprint density at radius 1 is 1.24 bits per heavy atom. The number of ether oxygens (including phenoxy) is 1. The molecule has 0 saturated carbocycles. The zero-order valence-electron chi connectivity index (χ0n) is 9.86. The van der Waals surface area contributed by atoms with Gasteiger partial charge in [0.2, 0.25) is 0 Å². The van der Waals surface area contributed by atoms with Gasteiger partial charge in [-0.05, 0) is 43.5 Å². The SMILES string of the molecule is Cc1cc(C)c(C)c(OCC(Br)C(F)(F)F)c1. The maximum Gasteiger partial charge on any atom is 0.404 e. The molecule has 0 aromatic heterocycles. The van der Waals surface area contributed by atoms with Gasteiger partial charge < -0.3 is 4.74 Å². The molecule has 96 valence electrons. The van der Waals surface area contributed by atoms with Gasteiger partial charge in [0.15, 0.2) is 0 Å². The highest BCUT2D eigenvalue weighted by molar-refractivity contribution is 9.09. The van der Waals surface area contributed by atoms with Gasteiger partial charge in [0.25, 0.3) is 0 Å². The fraction of sp³-hybridized carbons (Fsp3) is 0.500. The van der Waals surface area contributed by atoms with Crippen LogP contribution >= 0.6 is 15.9 Å². The minimum absolute atomic E-state index is 0.423. The minimum atomic E-state index is -4.28. The van der Waals surface area contributed by atoms with Gasteiger partial charge in [-0.25, -0.2) is 0 Å². The molecule has 0 fully saturated rings. The van der Waals surface area contributed by atoms with Gasteiger partial charge in [0, 0.05) is 0 Å². The maximum absolute atomic E-state index is 12.3. The van der Waals surface area contributed by atoms with E-state index in [9.17, 15) is 13.2 Å². The zero-order valence-corrected chi connectivity index (χ0v) is 11.4. The third-order valence-corrected chi connectivity index (χ3v) is 3.29. The molecule has 5 heteroatoms. The van der Waals surface area contributed by atoms with Crippen LogP contribution in [0.3, 0.4) is 0 Å². The highest BCUT2D eigenvalue weighted by Crippen LogP contribution is 2.29. The van der Waals surface area contributed by atoms with Crippen molar-refractivity contribution in [2.24, 2.45) is 0 Å². The first-order chi connectivity index (χ1) is 7.71. The van der Waals surface area contributed by atoms with E-state index < -0.39 is 17.6 Å². The first-order valence-corrected chi connectivity index (χ1v) is 6.05. The van der Waals surface area contributed by atoms with Crippen molar-refractivity contribution in [2.45, 2.75) is 31.8 Å². The largest absolute Gasteiger partial charge is 0.492 e. The van der Waals surface area contributed by atoms with Crippen LogP contribution in [0.4, 0.5) is 13.2 Å². The number of benzene rings is 1. The third-order valence-electron chi connectivity index (χ3n) is 2.50. The lowest BCUT2D eigenvalue weighted by atomic mass is 10.1. The molecule has 1 rings (SSSR count). The van der Waals surface area contributed by atoms with E-state index >= 15 is 0 Å². The predicted octanol–water partition coefficient (Wildman–Crippen LogP) is 4.32. The fourth-order valence-electron chi connectivity index (χ4n) is 1.41. The number of hydrogen-bond acceptors (Lipinski definition) is 1. The van der Waals surface area contributed by atoms with Gasteiger partial charge >= 0.3 is 6.18 Å². The summed E-state index contributed by atoms with van der Waals surface area (Å²) >= 11 is 2.57. The highest BCUT2D eigenvalue weighted by Gasteiger charge is 2.38. The monoisotopic (exact) mass is 310 g/mol. The number of aryl methyl sites for hydroxylation is 2. The van der Waals surface area contributed by atoms with Crippen molar-refractivity contribution in [1.82, 2.24) is 0 Å². The van der Waals surface area contributed by atoms with Crippen molar-refractivity contribution in [3.05, 3.63) is 28.8 Å². The summed E-state index contributed by atoms with van der Waals surface area (Å²) < 4.78 is 42.1. The summed E-state index contributed by atoms with van der Waals surface area (Å²) in [6.45, 7) is 5.20. The van der Waals surface area contributed by atoms with Crippen LogP contribution in [-0.2, 0) is 0 Å². The van der Waals surface area contributed by atoms with Gasteiger partial charge in [-0.3, -0.25) is 0 Å². The van der Waals surface area contributed by atoms with E-state index in [0.29, 0.717) is 5.75 Å². The van der Waals surface area contributed by atoms with Crippen molar-refractivity contribution in [3.8, 4) is 5.75 Å². The lowest BCUT2D eigenvalue weighted by Crippen LogP contribution is -2.29. The van der Waals surface area contributed by atoms with Crippen LogP contribution in [0.2, 0.25) is 0 Å². The van der Waals surface area contributed by atoms with Gasteiger partial charge in [-0.1, -0.05) is 22.0 Å². The molecular formula is C12H14BrF3O. The molecule has 0 amide bonds. The topological polar surface area (TPSA) is 9.23 Å². The standard InChI is InChI=1S/C12H14BrF3O/c1-7-4-8(2)9(3)10(5-7)17-6-11(13)12(14,15)16/h4-5,11H,6H2,1-3H3. The van der Waals surface area contributed by atoms with Crippen LogP contribution in [0.1, 0.15) is 16.7 Å². The van der Waals surface area contributed by atoms with Crippen molar-refractivity contribution >= 4 is 15.9 Å². The number of halogens is 4. The molecule has 17 heavy (non-hydrogen) atoms. The van der Waals surface area contributed by atoms with Crippen molar-refractivity contribution in [2.75, 3.05) is 6.61 Å². The quantitative estimate of drug-likeness (QED) is 0.756. The molecule has 0 radical (unpaired) electrons. The predicted molar refractivity (Wildman–Crippen MR) is 64.9 cm³/mol. The minimum Gasteiger partial charge on any atom is -0.492 e. The average Bonchev–Trinajstić information content (AvgIpc) is 2.19. The third kappa shape index (κ3) is 3.91. The van der Waals surface area contributed by atoms with E-state index in [1.807, 2.05) is 26.8 Å². The molecule has 1 aromatic carbocycles. The van der Waals surface area contributed by atoms with Crippen LogP contribution in [0, 0.1) is 20.8 Å². The van der Waals surface area contributed by atoms with Crippen LogP contribution in [0.25, 0.3) is 0 Å². The van der Waals surface area contributed by atoms with E-state index in [-0.39, 0.29) is 0 Å². The Labute approximate surface area is 107 Å². The molecular weight excluding hydrogens is 297 g/mol. The first-order valence-electron chi connectivity index (χ1n) is 5.13. The van der Waals surface area contributed by atoms with Crippen LogP contribution < -0.4 is 4.74 Å². The summed E-state index contributed by atoms with van der Waals surface area (Å²) in [6, 6.07) is 3.72. The van der Waals surface area contributed by atoms with Crippen molar-refractivity contribution in [1.29, 1.82) is 0 Å². The second-order valence-electron chi connectivity index (χ2n) is 4.03. The van der Waals surface area contributed by atoms with E-state index in [1.54, 1.807) is 6.07 Å². The lowest BCUT2D eigenvalue weighted by Gasteiger charge is -2.17. The number of hydrogen-bond donors (Lipinski definition) is 0. The Balaban J connectivity index is 2.76. The summed E-state index contributed by atoms with van der Waals surface area (Å²) in [6.07, 6.45) is -4.28. The highest BCUT2D eigenvalue weighted by atomic mass is 79.9. The first kappa shape index (κ1) is 14.4. The average molecular weight is 311 g/mol. The molecule has 0 bridgehead atoms. The number of rotatable bonds is 3. The second kappa shape index (κ2) is 5.29. The van der Waals surface area contributed by atoms with Crippen LogP contribution in [0.5, 0.6) is 5.75 Å². The van der Waals surface area contributed by atoms with Gasteiger partial charge in [0.05, 0.1) is 0 Å². The molecule has 0 saturated heterocycles. The Kier molecular flexibility index (Phi) is 4.47. The summed E-state index contributed by atoms with van der Waals surface area (Å²) in [7, 11) is 0. The van der Waals surface area contributed by atoms with Crippen LogP contribution in [0.15, 0.2) is 12.1 Å². The summed E-state index contributed by atoms with van der Waals surface area (Å²) in [5.41, 5.74) is 2.86. The molecule has 0 aliphatic carbocycles. The maximum atomic E-state index is 12.3. The Morgan fingerprint density at radius 3 is 2.35 bits per heavy atom. The van der Waals surface area contributed by atoms with E-state index in [0.717, 1.165) is 16.7 Å². The Bertz CT molecular complexity index is 401. The smallest absolute Gasteiger partial charge is 0.404 e. The second-order valence-corrected chi connectivity index (χ2v) is 5.13. The zero-order chi connectivity index (χ0) is 13.2. The Morgan fingerprint density at radius 2 is 1.82 bits per heavy atom. The van der Waals surface area contributed by atoms with Crippen molar-refractivity contribution < 1.29 is 17.9 Å². The molecule has 0 N–H and O–H groups in total. The molecule has 0 aliphatic heterocycles. The lowest BCUT2D eigenvalue weighted by molar-refractivity contribution is -0.132. The Hall–Kier alpha value is -0.710. The van der Waals surface area contributed by atoms with E-state index in [1.165, 1.54) is 0 Å². The van der Waals surface area contributed by atoms with Crippen LogP contribution in [-0.4, -0.2) is 17.6 Å².